The number of hydrogen-bond acceptors (Lipinski definition) is 6. The third kappa shape index (κ3) is 7.39. The number of methoxy groups -OCH3 is 2. The third-order valence-electron chi connectivity index (χ3n) is 5.98. The molecule has 0 unspecified atom stereocenters. The van der Waals surface area contributed by atoms with Gasteiger partial charge in [0.05, 0.1) is 34.6 Å². The summed E-state index contributed by atoms with van der Waals surface area (Å²) in [6.45, 7) is 1.59. The number of aryl methyl sites for hydroxylation is 6. The van der Waals surface area contributed by atoms with Crippen LogP contribution in [0, 0.1) is 0 Å². The highest BCUT2D eigenvalue weighted by molar-refractivity contribution is 9.10. The van der Waals surface area contributed by atoms with Gasteiger partial charge in [-0.2, -0.15) is 0 Å². The van der Waals surface area contributed by atoms with Crippen molar-refractivity contribution >= 4 is 31.9 Å². The Morgan fingerprint density at radius 3 is 1.50 bits per heavy atom. The van der Waals surface area contributed by atoms with Crippen molar-refractivity contribution < 1.29 is 9.47 Å². The fourth-order valence-corrected chi connectivity index (χ4v) is 5.13. The van der Waals surface area contributed by atoms with Crippen LogP contribution >= 0.6 is 31.9 Å². The number of benzene rings is 2. The maximum absolute atomic E-state index is 5.29. The predicted molar refractivity (Wildman–Crippen MR) is 145 cm³/mol. The summed E-state index contributed by atoms with van der Waals surface area (Å²) in [5.74, 6) is 1.68. The fraction of sp³-hybridized carbons (Fsp3) is 0.385. The molecular weight excluding hydrogens is 588 g/mol. The van der Waals surface area contributed by atoms with E-state index in [-0.39, 0.29) is 0 Å². The quantitative estimate of drug-likeness (QED) is 0.185. The molecule has 2 aromatic heterocycles. The van der Waals surface area contributed by atoms with E-state index in [1.54, 1.807) is 14.2 Å². The first-order valence-electron chi connectivity index (χ1n) is 12.0. The molecule has 4 rings (SSSR count). The minimum absolute atomic E-state index is 0.794. The minimum Gasteiger partial charge on any atom is -0.496 e. The summed E-state index contributed by atoms with van der Waals surface area (Å²) < 4.78 is 16.3. The van der Waals surface area contributed by atoms with Gasteiger partial charge in [-0.3, -0.25) is 9.36 Å². The van der Waals surface area contributed by atoms with Gasteiger partial charge in [0.2, 0.25) is 0 Å². The van der Waals surface area contributed by atoms with E-state index >= 15 is 0 Å². The van der Waals surface area contributed by atoms with E-state index in [1.807, 2.05) is 33.9 Å². The van der Waals surface area contributed by atoms with Crippen LogP contribution in [-0.2, 0) is 38.8 Å². The van der Waals surface area contributed by atoms with Crippen LogP contribution in [0.2, 0.25) is 0 Å². The number of rotatable bonds is 13. The molecule has 190 valence electrons. The van der Waals surface area contributed by atoms with Crippen LogP contribution in [0.1, 0.15) is 35.4 Å². The second kappa shape index (κ2) is 13.0. The lowest BCUT2D eigenvalue weighted by Gasteiger charge is -2.06. The number of hydrogen-bond donors (Lipinski definition) is 0. The number of ether oxygens (including phenoxy) is 2. The molecule has 10 heteroatoms. The van der Waals surface area contributed by atoms with Gasteiger partial charge in [-0.05, 0) is 106 Å². The molecule has 2 heterocycles. The zero-order chi connectivity index (χ0) is 25.3. The number of nitrogens with zero attached hydrogens (tertiary/aromatic N) is 6. The van der Waals surface area contributed by atoms with Crippen molar-refractivity contribution in [1.82, 2.24) is 30.0 Å². The second-order valence-electron chi connectivity index (χ2n) is 8.59. The highest BCUT2D eigenvalue weighted by Crippen LogP contribution is 2.26. The van der Waals surface area contributed by atoms with E-state index in [0.717, 1.165) is 83.4 Å². The molecule has 0 spiro atoms. The van der Waals surface area contributed by atoms with Crippen molar-refractivity contribution in [1.29, 1.82) is 0 Å². The first-order chi connectivity index (χ1) is 17.5. The molecule has 36 heavy (non-hydrogen) atoms. The lowest BCUT2D eigenvalue weighted by atomic mass is 10.1. The maximum Gasteiger partial charge on any atom is 0.133 e. The van der Waals surface area contributed by atoms with Crippen molar-refractivity contribution in [3.8, 4) is 11.5 Å². The van der Waals surface area contributed by atoms with Crippen molar-refractivity contribution in [2.75, 3.05) is 14.2 Å². The first-order valence-corrected chi connectivity index (χ1v) is 13.6. The summed E-state index contributed by atoms with van der Waals surface area (Å²) in [6, 6.07) is 12.3. The van der Waals surface area contributed by atoms with Gasteiger partial charge in [-0.1, -0.05) is 22.6 Å². The smallest absolute Gasteiger partial charge is 0.133 e. The Morgan fingerprint density at radius 2 is 1.11 bits per heavy atom. The van der Waals surface area contributed by atoms with Gasteiger partial charge in [0.25, 0.3) is 0 Å². The van der Waals surface area contributed by atoms with E-state index in [2.05, 4.69) is 76.7 Å². The Bertz CT molecular complexity index is 1180. The van der Waals surface area contributed by atoms with Crippen LogP contribution in [0.3, 0.4) is 0 Å². The average Bonchev–Trinajstić information content (AvgIpc) is 3.53. The largest absolute Gasteiger partial charge is 0.496 e. The van der Waals surface area contributed by atoms with Crippen molar-refractivity contribution in [3.05, 3.63) is 80.3 Å². The van der Waals surface area contributed by atoms with Gasteiger partial charge >= 0.3 is 0 Å². The molecular formula is C26H30Br2N6O2. The predicted octanol–water partition coefficient (Wildman–Crippen LogP) is 5.46. The first kappa shape index (κ1) is 26.3. The Hall–Kier alpha value is -2.72. The van der Waals surface area contributed by atoms with E-state index < -0.39 is 0 Å². The SMILES string of the molecule is COc1ccc(CCn2cc(CCCCc3cn(CCc4ccc(OC)c(Br)c4)nn3)nn2)cc1Br. The molecule has 2 aromatic carbocycles. The molecule has 0 bridgehead atoms. The van der Waals surface area contributed by atoms with Gasteiger partial charge in [-0.15, -0.1) is 10.2 Å². The molecule has 0 aliphatic rings. The Morgan fingerprint density at radius 1 is 0.667 bits per heavy atom. The summed E-state index contributed by atoms with van der Waals surface area (Å²) in [6.07, 6.45) is 9.77. The van der Waals surface area contributed by atoms with Crippen molar-refractivity contribution in [3.63, 3.8) is 0 Å². The average molecular weight is 618 g/mol. The summed E-state index contributed by atoms with van der Waals surface area (Å²) in [5, 5.41) is 17.2. The molecule has 0 aliphatic heterocycles. The molecule has 0 aliphatic carbocycles. The molecule has 0 N–H and O–H groups in total. The van der Waals surface area contributed by atoms with Gasteiger partial charge in [0, 0.05) is 25.5 Å². The summed E-state index contributed by atoms with van der Waals surface area (Å²) in [7, 11) is 3.34. The minimum atomic E-state index is 0.794. The van der Waals surface area contributed by atoms with E-state index in [9.17, 15) is 0 Å². The highest BCUT2D eigenvalue weighted by atomic mass is 79.9. The lowest BCUT2D eigenvalue weighted by molar-refractivity contribution is 0.412. The highest BCUT2D eigenvalue weighted by Gasteiger charge is 2.07. The Balaban J connectivity index is 1.15. The standard InChI is InChI=1S/C26H30Br2N6O2/c1-35-25-9-7-19(15-23(25)27)11-13-33-17-21(29-31-33)5-3-4-6-22-18-34(32-30-22)14-12-20-8-10-26(36-2)24(28)16-20/h7-10,15-18H,3-6,11-14H2,1-2H3. The van der Waals surface area contributed by atoms with Crippen LogP contribution in [0.5, 0.6) is 11.5 Å². The molecule has 0 amide bonds. The van der Waals surface area contributed by atoms with Crippen LogP contribution in [-0.4, -0.2) is 44.2 Å². The Kier molecular flexibility index (Phi) is 9.52. The lowest BCUT2D eigenvalue weighted by Crippen LogP contribution is -2.02. The van der Waals surface area contributed by atoms with Gasteiger partial charge in [0.1, 0.15) is 11.5 Å². The van der Waals surface area contributed by atoms with Gasteiger partial charge in [0.15, 0.2) is 0 Å². The molecule has 0 fully saturated rings. The van der Waals surface area contributed by atoms with Gasteiger partial charge < -0.3 is 9.47 Å². The summed E-state index contributed by atoms with van der Waals surface area (Å²) in [4.78, 5) is 0. The number of halogens is 2. The van der Waals surface area contributed by atoms with Crippen molar-refractivity contribution in [2.24, 2.45) is 0 Å². The Labute approximate surface area is 228 Å². The normalized spacial score (nSPS) is 11.1. The third-order valence-corrected chi connectivity index (χ3v) is 7.22. The summed E-state index contributed by atoms with van der Waals surface area (Å²) in [5.41, 5.74) is 4.51. The molecule has 4 aromatic rings. The molecule has 0 saturated carbocycles. The number of unbranched alkanes of at least 4 members (excludes halogenated alkanes) is 1. The zero-order valence-electron chi connectivity index (χ0n) is 20.5. The van der Waals surface area contributed by atoms with Gasteiger partial charge in [-0.25, -0.2) is 0 Å². The fourth-order valence-electron chi connectivity index (χ4n) is 3.96. The van der Waals surface area contributed by atoms with E-state index in [4.69, 9.17) is 9.47 Å². The molecule has 0 saturated heterocycles. The topological polar surface area (TPSA) is 79.9 Å². The molecule has 0 atom stereocenters. The number of aromatic nitrogens is 6. The maximum atomic E-state index is 5.29. The second-order valence-corrected chi connectivity index (χ2v) is 10.3. The van der Waals surface area contributed by atoms with Crippen LogP contribution < -0.4 is 9.47 Å². The monoisotopic (exact) mass is 616 g/mol. The molecule has 0 radical (unpaired) electrons. The van der Waals surface area contributed by atoms with E-state index in [1.165, 1.54) is 11.1 Å². The molecule has 8 nitrogen and oxygen atoms in total. The van der Waals surface area contributed by atoms with Crippen LogP contribution in [0.15, 0.2) is 57.7 Å². The van der Waals surface area contributed by atoms with Crippen molar-refractivity contribution in [2.45, 2.75) is 51.6 Å². The van der Waals surface area contributed by atoms with Crippen LogP contribution in [0.4, 0.5) is 0 Å². The summed E-state index contributed by atoms with van der Waals surface area (Å²) >= 11 is 7.08. The zero-order valence-corrected chi connectivity index (χ0v) is 23.7. The van der Waals surface area contributed by atoms with Crippen LogP contribution in [0.25, 0.3) is 0 Å². The van der Waals surface area contributed by atoms with E-state index in [0.29, 0.717) is 0 Å².